The zero-order valence-corrected chi connectivity index (χ0v) is 6.91. The topological polar surface area (TPSA) is 86.6 Å². The summed E-state index contributed by atoms with van der Waals surface area (Å²) >= 11 is 0. The summed E-state index contributed by atoms with van der Waals surface area (Å²) in [6.07, 6.45) is -0.331. The lowest BCUT2D eigenvalue weighted by Crippen LogP contribution is -2.30. The minimum absolute atomic E-state index is 0.206. The maximum atomic E-state index is 10.4. The van der Waals surface area contributed by atoms with E-state index in [1.165, 1.54) is 0 Å². The average molecular weight is 175 g/mol. The van der Waals surface area contributed by atoms with Crippen molar-refractivity contribution < 1.29 is 19.8 Å². The maximum Gasteiger partial charge on any atom is 0.308 e. The highest BCUT2D eigenvalue weighted by atomic mass is 16.4. The lowest BCUT2D eigenvalue weighted by Gasteiger charge is -2.09. The van der Waals surface area contributed by atoms with E-state index >= 15 is 0 Å². The number of carbonyl (C=O) groups is 2. The molecule has 0 aromatic rings. The third-order valence-electron chi connectivity index (χ3n) is 1.41. The van der Waals surface area contributed by atoms with Gasteiger partial charge in [0.25, 0.3) is 0 Å². The van der Waals surface area contributed by atoms with Crippen LogP contribution in [0.1, 0.15) is 13.3 Å². The first-order chi connectivity index (χ1) is 5.57. The zero-order chi connectivity index (χ0) is 9.56. The molecule has 0 heterocycles. The Morgan fingerprint density at radius 2 is 2.00 bits per heavy atom. The van der Waals surface area contributed by atoms with E-state index in [0.29, 0.717) is 6.54 Å². The molecule has 0 saturated carbocycles. The Kier molecular flexibility index (Phi) is 5.03. The Morgan fingerprint density at radius 1 is 1.42 bits per heavy atom. The van der Waals surface area contributed by atoms with Gasteiger partial charge in [0.15, 0.2) is 0 Å². The summed E-state index contributed by atoms with van der Waals surface area (Å²) in [6, 6.07) is 0. The molecule has 0 bridgehead atoms. The number of rotatable bonds is 6. The summed E-state index contributed by atoms with van der Waals surface area (Å²) in [4.78, 5) is 20.6. The van der Waals surface area contributed by atoms with Crippen LogP contribution in [-0.2, 0) is 9.59 Å². The normalized spacial score (nSPS) is 12.4. The number of nitrogens with one attached hydrogen (secondary N) is 1. The molecule has 5 nitrogen and oxygen atoms in total. The van der Waals surface area contributed by atoms with Crippen molar-refractivity contribution in [3.8, 4) is 0 Å². The molecule has 0 fully saturated rings. The van der Waals surface area contributed by atoms with Crippen molar-refractivity contribution in [2.75, 3.05) is 13.1 Å². The molecule has 5 heteroatoms. The van der Waals surface area contributed by atoms with Crippen molar-refractivity contribution in [3.05, 3.63) is 0 Å². The largest absolute Gasteiger partial charge is 0.481 e. The number of aliphatic carboxylic acids is 2. The van der Waals surface area contributed by atoms with Crippen LogP contribution in [0.2, 0.25) is 0 Å². The monoisotopic (exact) mass is 175 g/mol. The van der Waals surface area contributed by atoms with Crippen LogP contribution in [0.5, 0.6) is 0 Å². The Bertz CT molecular complexity index is 169. The van der Waals surface area contributed by atoms with Crippen LogP contribution in [0, 0.1) is 5.92 Å². The summed E-state index contributed by atoms with van der Waals surface area (Å²) in [5.74, 6) is -2.99. The van der Waals surface area contributed by atoms with E-state index in [1.54, 1.807) is 0 Å². The van der Waals surface area contributed by atoms with Crippen LogP contribution in [-0.4, -0.2) is 35.2 Å². The first-order valence-electron chi connectivity index (χ1n) is 3.73. The maximum absolute atomic E-state index is 10.4. The number of hydrogen-bond acceptors (Lipinski definition) is 3. The number of carboxylic acids is 2. The fourth-order valence-corrected chi connectivity index (χ4v) is 0.776. The molecular weight excluding hydrogens is 162 g/mol. The van der Waals surface area contributed by atoms with E-state index in [-0.39, 0.29) is 13.0 Å². The predicted molar refractivity (Wildman–Crippen MR) is 41.9 cm³/mol. The highest BCUT2D eigenvalue weighted by molar-refractivity contribution is 5.77. The van der Waals surface area contributed by atoms with Crippen molar-refractivity contribution in [1.82, 2.24) is 5.32 Å². The molecule has 1 atom stereocenters. The highest BCUT2D eigenvalue weighted by Gasteiger charge is 2.19. The molecule has 0 rings (SSSR count). The lowest BCUT2D eigenvalue weighted by molar-refractivity contribution is -0.148. The Morgan fingerprint density at radius 3 is 2.33 bits per heavy atom. The SMILES string of the molecule is CCNCC(CC(=O)O)C(=O)O. The van der Waals surface area contributed by atoms with E-state index in [0.717, 1.165) is 0 Å². The predicted octanol–water partition coefficient (Wildman–Crippen LogP) is -0.229. The molecule has 3 N–H and O–H groups in total. The van der Waals surface area contributed by atoms with Crippen molar-refractivity contribution in [3.63, 3.8) is 0 Å². The molecule has 0 aromatic heterocycles. The summed E-state index contributed by atoms with van der Waals surface area (Å²) in [7, 11) is 0. The van der Waals surface area contributed by atoms with E-state index in [2.05, 4.69) is 5.32 Å². The smallest absolute Gasteiger partial charge is 0.308 e. The van der Waals surface area contributed by atoms with Gasteiger partial charge in [0.1, 0.15) is 0 Å². The van der Waals surface area contributed by atoms with E-state index in [1.807, 2.05) is 6.92 Å². The molecule has 0 spiro atoms. The van der Waals surface area contributed by atoms with Gasteiger partial charge in [0.2, 0.25) is 0 Å². The Balaban J connectivity index is 3.87. The molecule has 0 aliphatic heterocycles. The van der Waals surface area contributed by atoms with Crippen LogP contribution < -0.4 is 5.32 Å². The second-order valence-electron chi connectivity index (χ2n) is 2.44. The minimum Gasteiger partial charge on any atom is -0.481 e. The molecule has 1 unspecified atom stereocenters. The van der Waals surface area contributed by atoms with Gasteiger partial charge in [-0.3, -0.25) is 9.59 Å². The standard InChI is InChI=1S/C7H13NO4/c1-2-8-4-5(7(11)12)3-6(9)10/h5,8H,2-4H2,1H3,(H,9,10)(H,11,12). The fourth-order valence-electron chi connectivity index (χ4n) is 0.776. The van der Waals surface area contributed by atoms with Crippen LogP contribution >= 0.6 is 0 Å². The molecule has 12 heavy (non-hydrogen) atoms. The lowest BCUT2D eigenvalue weighted by atomic mass is 10.1. The molecule has 0 amide bonds. The van der Waals surface area contributed by atoms with Gasteiger partial charge < -0.3 is 15.5 Å². The highest BCUT2D eigenvalue weighted by Crippen LogP contribution is 2.01. The van der Waals surface area contributed by atoms with Crippen molar-refractivity contribution in [1.29, 1.82) is 0 Å². The number of hydrogen-bond donors (Lipinski definition) is 3. The van der Waals surface area contributed by atoms with E-state index in [4.69, 9.17) is 10.2 Å². The van der Waals surface area contributed by atoms with Gasteiger partial charge in [-0.15, -0.1) is 0 Å². The Labute approximate surface area is 70.4 Å². The molecule has 0 aliphatic rings. The summed E-state index contributed by atoms with van der Waals surface area (Å²) in [5.41, 5.74) is 0. The van der Waals surface area contributed by atoms with Gasteiger partial charge in [-0.25, -0.2) is 0 Å². The summed E-state index contributed by atoms with van der Waals surface area (Å²) < 4.78 is 0. The summed E-state index contributed by atoms with van der Waals surface area (Å²) in [6.45, 7) is 2.68. The zero-order valence-electron chi connectivity index (χ0n) is 6.91. The van der Waals surface area contributed by atoms with Crippen LogP contribution in [0.4, 0.5) is 0 Å². The molecular formula is C7H13NO4. The van der Waals surface area contributed by atoms with Crippen molar-refractivity contribution >= 4 is 11.9 Å². The van der Waals surface area contributed by atoms with Crippen molar-refractivity contribution in [2.24, 2.45) is 5.92 Å². The molecule has 0 saturated heterocycles. The minimum atomic E-state index is -1.08. The molecule has 70 valence electrons. The van der Waals surface area contributed by atoms with E-state index < -0.39 is 17.9 Å². The Hall–Kier alpha value is -1.10. The fraction of sp³-hybridized carbons (Fsp3) is 0.714. The van der Waals surface area contributed by atoms with Gasteiger partial charge in [0.05, 0.1) is 12.3 Å². The van der Waals surface area contributed by atoms with Gasteiger partial charge in [-0.2, -0.15) is 0 Å². The van der Waals surface area contributed by atoms with Crippen LogP contribution in [0.3, 0.4) is 0 Å². The molecule has 0 aromatic carbocycles. The van der Waals surface area contributed by atoms with E-state index in [9.17, 15) is 9.59 Å². The quantitative estimate of drug-likeness (QED) is 0.519. The van der Waals surface area contributed by atoms with Gasteiger partial charge >= 0.3 is 11.9 Å². The van der Waals surface area contributed by atoms with Gasteiger partial charge in [-0.05, 0) is 6.54 Å². The van der Waals surface area contributed by atoms with Crippen LogP contribution in [0.25, 0.3) is 0 Å². The summed E-state index contributed by atoms with van der Waals surface area (Å²) in [5, 5.41) is 19.7. The van der Waals surface area contributed by atoms with Gasteiger partial charge in [-0.1, -0.05) is 6.92 Å². The first kappa shape index (κ1) is 10.9. The average Bonchev–Trinajstić information content (AvgIpc) is 1.96. The van der Waals surface area contributed by atoms with Crippen molar-refractivity contribution in [2.45, 2.75) is 13.3 Å². The molecule has 0 aliphatic carbocycles. The number of carboxylic acid groups (broad SMARTS) is 2. The first-order valence-corrected chi connectivity index (χ1v) is 3.73. The third kappa shape index (κ3) is 4.68. The second kappa shape index (κ2) is 5.54. The van der Waals surface area contributed by atoms with Gasteiger partial charge in [0, 0.05) is 6.54 Å². The molecule has 0 radical (unpaired) electrons. The van der Waals surface area contributed by atoms with Crippen LogP contribution in [0.15, 0.2) is 0 Å². The third-order valence-corrected chi connectivity index (χ3v) is 1.41. The second-order valence-corrected chi connectivity index (χ2v) is 2.44.